The molecule has 9 atom stereocenters. The summed E-state index contributed by atoms with van der Waals surface area (Å²) in [6.07, 6.45) is -6.15. The minimum Gasteiger partial charge on any atom is -0.476 e. The maximum Gasteiger partial charge on any atom is 0.377 e. The second-order valence-electron chi connectivity index (χ2n) is 15.1. The Morgan fingerprint density at radius 2 is 1.63 bits per heavy atom. The summed E-state index contributed by atoms with van der Waals surface area (Å²) in [6, 6.07) is 1.63. The third kappa shape index (κ3) is 13.8. The maximum atomic E-state index is 14.3. The average Bonchev–Trinajstić information content (AvgIpc) is 3.76. The monoisotopic (exact) mass is 874 g/mol. The molecule has 11 N–H and O–H groups in total. The van der Waals surface area contributed by atoms with Gasteiger partial charge in [-0.1, -0.05) is 19.3 Å². The van der Waals surface area contributed by atoms with E-state index in [0.717, 1.165) is 69.4 Å². The minimum atomic E-state index is -3.28. The molecule has 0 saturated carbocycles. The lowest BCUT2D eigenvalue weighted by Gasteiger charge is -2.46. The van der Waals surface area contributed by atoms with Crippen LogP contribution in [-0.4, -0.2) is 140 Å². The number of ether oxygens (including phenoxy) is 2. The molecular weight excluding hydrogens is 819 g/mol. The van der Waals surface area contributed by atoms with Gasteiger partial charge in [0, 0.05) is 56.0 Å². The smallest absolute Gasteiger partial charge is 0.377 e. The first-order valence-electron chi connectivity index (χ1n) is 20.0. The Balaban J connectivity index is 1.14. The van der Waals surface area contributed by atoms with Crippen molar-refractivity contribution in [2.24, 2.45) is 0 Å². The number of carbonyl (C=O) groups is 6. The van der Waals surface area contributed by atoms with E-state index in [4.69, 9.17) is 9.47 Å². The van der Waals surface area contributed by atoms with Gasteiger partial charge in [0.1, 0.15) is 24.1 Å². The molecule has 3 aliphatic rings. The fraction of sp³-hybridized carbons (Fsp3) is 0.684. The molecule has 0 aromatic heterocycles. The van der Waals surface area contributed by atoms with Crippen LogP contribution in [0, 0.1) is 0 Å². The van der Waals surface area contributed by atoms with Crippen molar-refractivity contribution in [2.75, 3.05) is 30.8 Å². The number of urea groups is 1. The number of rotatable bonds is 24. The predicted molar refractivity (Wildman–Crippen MR) is 211 cm³/mol. The van der Waals surface area contributed by atoms with Crippen LogP contribution < -0.4 is 36.6 Å². The molecule has 3 saturated heterocycles. The van der Waals surface area contributed by atoms with E-state index >= 15 is 0 Å². The van der Waals surface area contributed by atoms with Gasteiger partial charge in [0.15, 0.2) is 0 Å². The number of aliphatic hydroxyl groups is 4. The normalized spacial score (nSPS) is 25.6. The topological polar surface area (TPSA) is 294 Å². The third-order valence-electron chi connectivity index (χ3n) is 10.4. The Morgan fingerprint density at radius 1 is 0.967 bits per heavy atom. The number of halogens is 2. The molecule has 336 valence electrons. The molecule has 3 fully saturated rings. The summed E-state index contributed by atoms with van der Waals surface area (Å²) in [7, 11) is 0. The molecule has 1 aromatic carbocycles. The van der Waals surface area contributed by atoms with Gasteiger partial charge in [0.2, 0.25) is 23.6 Å². The van der Waals surface area contributed by atoms with E-state index in [9.17, 15) is 63.1 Å². The molecular formula is C38H56F2N6O13S. The Kier molecular flexibility index (Phi) is 18.5. The number of benzene rings is 1. The van der Waals surface area contributed by atoms with Crippen molar-refractivity contribution in [1.82, 2.24) is 26.6 Å². The van der Waals surface area contributed by atoms with Gasteiger partial charge in [-0.2, -0.15) is 11.8 Å². The van der Waals surface area contributed by atoms with E-state index in [2.05, 4.69) is 31.9 Å². The molecule has 4 rings (SSSR count). The van der Waals surface area contributed by atoms with Crippen molar-refractivity contribution in [2.45, 2.75) is 138 Å². The number of hydrogen-bond acceptors (Lipinski definition) is 13. The molecule has 1 aromatic rings. The van der Waals surface area contributed by atoms with Crippen LogP contribution in [0.25, 0.3) is 0 Å². The van der Waals surface area contributed by atoms with E-state index in [1.54, 1.807) is 0 Å². The van der Waals surface area contributed by atoms with Gasteiger partial charge in [-0.05, 0) is 43.9 Å². The second-order valence-corrected chi connectivity index (χ2v) is 16.3. The fourth-order valence-corrected chi connectivity index (χ4v) is 8.80. The highest BCUT2D eigenvalue weighted by molar-refractivity contribution is 8.00. The van der Waals surface area contributed by atoms with Gasteiger partial charge in [-0.3, -0.25) is 19.2 Å². The zero-order valence-electron chi connectivity index (χ0n) is 33.2. The number of amides is 6. The van der Waals surface area contributed by atoms with Gasteiger partial charge in [-0.25, -0.2) is 18.4 Å². The van der Waals surface area contributed by atoms with Crippen LogP contribution in [0.2, 0.25) is 0 Å². The Morgan fingerprint density at radius 3 is 2.27 bits per heavy atom. The molecule has 3 heterocycles. The number of hydrogen-bond donors (Lipinski definition) is 11. The van der Waals surface area contributed by atoms with Gasteiger partial charge in [0.25, 0.3) is 6.43 Å². The molecule has 6 unspecified atom stereocenters. The first-order valence-corrected chi connectivity index (χ1v) is 21.0. The van der Waals surface area contributed by atoms with Gasteiger partial charge < -0.3 is 66.9 Å². The Hall–Kier alpha value is -4.35. The van der Waals surface area contributed by atoms with Crippen LogP contribution in [-0.2, 0) is 28.7 Å². The van der Waals surface area contributed by atoms with Crippen molar-refractivity contribution in [3.63, 3.8) is 0 Å². The molecule has 0 radical (unpaired) electrons. The molecule has 19 nitrogen and oxygen atoms in total. The standard InChI is InChI=1S/C38H56F2N6O13S/c1-20(48)43-32-24(49)17-38(36(55)56,59-34(32)33(54)25(50)18-47)58-26-11-10-21(16-22(26)35(39)40)44-30(53)13-12-29(52)42-15-7-3-2-6-14-41-28(51)9-5-4-8-27-31-23(19-60-27)45-37(57)46-31/h10-11,16,23-25,27,31-35,47,49-50,54H,2-9,12-15,17-19H2,1H3,(H,41,51)(H,42,52)(H,43,48)(H,44,53)(H,55,56)(H2,45,46,57)/t23?,24?,25-,27?,31?,32+,33-,34?,38?/m1/s1. The summed E-state index contributed by atoms with van der Waals surface area (Å²) in [4.78, 5) is 72.8. The lowest BCUT2D eigenvalue weighted by atomic mass is 9.88. The number of aliphatic carboxylic acids is 1. The number of thioether (sulfide) groups is 1. The highest BCUT2D eigenvalue weighted by Crippen LogP contribution is 2.39. The lowest BCUT2D eigenvalue weighted by Crippen LogP contribution is -2.68. The maximum absolute atomic E-state index is 14.3. The largest absolute Gasteiger partial charge is 0.476 e. The molecule has 0 bridgehead atoms. The summed E-state index contributed by atoms with van der Waals surface area (Å²) < 4.78 is 39.5. The summed E-state index contributed by atoms with van der Waals surface area (Å²) >= 11 is 1.85. The van der Waals surface area contributed by atoms with Crippen LogP contribution in [0.3, 0.4) is 0 Å². The zero-order valence-corrected chi connectivity index (χ0v) is 34.0. The van der Waals surface area contributed by atoms with Gasteiger partial charge in [-0.15, -0.1) is 0 Å². The summed E-state index contributed by atoms with van der Waals surface area (Å²) in [5.41, 5.74) is -1.01. The van der Waals surface area contributed by atoms with Crippen LogP contribution in [0.1, 0.15) is 89.5 Å². The zero-order chi connectivity index (χ0) is 44.0. The van der Waals surface area contributed by atoms with Gasteiger partial charge >= 0.3 is 17.8 Å². The van der Waals surface area contributed by atoms with Gasteiger partial charge in [0.05, 0.1) is 42.8 Å². The number of unbranched alkanes of at least 4 members (excludes halogenated alkanes) is 4. The number of aliphatic hydroxyl groups excluding tert-OH is 4. The van der Waals surface area contributed by atoms with E-state index in [0.29, 0.717) is 31.2 Å². The number of carbonyl (C=O) groups excluding carboxylic acids is 5. The highest BCUT2D eigenvalue weighted by Gasteiger charge is 2.57. The number of anilines is 1. The van der Waals surface area contributed by atoms with Crippen LogP contribution in [0.4, 0.5) is 19.3 Å². The van der Waals surface area contributed by atoms with Crippen LogP contribution >= 0.6 is 11.8 Å². The van der Waals surface area contributed by atoms with Crippen LogP contribution in [0.15, 0.2) is 18.2 Å². The Bertz CT molecular complexity index is 1670. The summed E-state index contributed by atoms with van der Waals surface area (Å²) in [6.45, 7) is 0.971. The molecule has 3 aliphatic heterocycles. The number of carboxylic acid groups (broad SMARTS) is 1. The number of carboxylic acids is 1. The highest BCUT2D eigenvalue weighted by atomic mass is 32.2. The van der Waals surface area contributed by atoms with Crippen molar-refractivity contribution >= 4 is 53.1 Å². The minimum absolute atomic E-state index is 0.00803. The molecule has 0 aliphatic carbocycles. The van der Waals surface area contributed by atoms with Crippen molar-refractivity contribution in [1.29, 1.82) is 0 Å². The van der Waals surface area contributed by atoms with Crippen molar-refractivity contribution in [3.8, 4) is 5.75 Å². The Labute approximate surface area is 349 Å². The molecule has 0 spiro atoms. The first-order chi connectivity index (χ1) is 28.5. The second kappa shape index (κ2) is 23.0. The first kappa shape index (κ1) is 48.3. The summed E-state index contributed by atoms with van der Waals surface area (Å²) in [5.74, 6) is -6.44. The third-order valence-corrected chi connectivity index (χ3v) is 11.9. The molecule has 60 heavy (non-hydrogen) atoms. The van der Waals surface area contributed by atoms with E-state index in [1.165, 1.54) is 0 Å². The SMILES string of the molecule is CC(=O)N[C@H]1C(O)CC(Oc2ccc(NC(=O)CCC(=O)NCCCCCCNC(=O)CCCCC3SCC4NC(=O)NC43)cc2C(F)F)(C(=O)O)OC1[C@H](O)[C@H](O)CO. The van der Waals surface area contributed by atoms with Crippen molar-refractivity contribution in [3.05, 3.63) is 23.8 Å². The van der Waals surface area contributed by atoms with E-state index in [-0.39, 0.29) is 42.6 Å². The number of nitrogens with one attached hydrogen (secondary N) is 6. The van der Waals surface area contributed by atoms with E-state index in [1.807, 2.05) is 11.8 Å². The predicted octanol–water partition coefficient (Wildman–Crippen LogP) is 0.390. The summed E-state index contributed by atoms with van der Waals surface area (Å²) in [5, 5.41) is 67.4. The fourth-order valence-electron chi connectivity index (χ4n) is 7.26. The van der Waals surface area contributed by atoms with E-state index < -0.39 is 90.7 Å². The lowest BCUT2D eigenvalue weighted by molar-refractivity contribution is -0.284. The molecule has 22 heteroatoms. The molecule has 6 amide bonds. The van der Waals surface area contributed by atoms with Crippen molar-refractivity contribution < 1.29 is 72.6 Å². The van der Waals surface area contributed by atoms with Crippen LogP contribution in [0.5, 0.6) is 5.75 Å². The number of fused-ring (bicyclic) bond motifs is 1. The average molecular weight is 875 g/mol. The number of alkyl halides is 2. The quantitative estimate of drug-likeness (QED) is 0.0495.